The van der Waals surface area contributed by atoms with E-state index in [0.717, 1.165) is 25.9 Å². The summed E-state index contributed by atoms with van der Waals surface area (Å²) in [5.74, 6) is 0. The molecule has 0 aliphatic heterocycles. The molecule has 1 unspecified atom stereocenters. The second-order valence-electron chi connectivity index (χ2n) is 5.49. The molecule has 0 saturated carbocycles. The fourth-order valence-corrected chi connectivity index (χ4v) is 7.26. The molecule has 3 heteroatoms. The highest BCUT2D eigenvalue weighted by Crippen LogP contribution is 2.27. The zero-order chi connectivity index (χ0) is 13.9. The van der Waals surface area contributed by atoms with Crippen molar-refractivity contribution in [2.45, 2.75) is 90.5 Å². The summed E-state index contributed by atoms with van der Waals surface area (Å²) >= 11 is 0. The van der Waals surface area contributed by atoms with Crippen LogP contribution in [0.3, 0.4) is 0 Å². The highest BCUT2D eigenvalue weighted by Gasteiger charge is 2.31. The Morgan fingerprint density at radius 1 is 0.944 bits per heavy atom. The Hall–Kier alpha value is 0.137. The summed E-state index contributed by atoms with van der Waals surface area (Å²) in [6.45, 7) is 9.73. The lowest BCUT2D eigenvalue weighted by Gasteiger charge is -2.31. The van der Waals surface area contributed by atoms with E-state index in [2.05, 4.69) is 20.8 Å². The summed E-state index contributed by atoms with van der Waals surface area (Å²) in [7, 11) is -1.46. The molecule has 0 radical (unpaired) electrons. The van der Waals surface area contributed by atoms with Gasteiger partial charge in [0, 0.05) is 6.61 Å². The van der Waals surface area contributed by atoms with Crippen molar-refractivity contribution in [2.75, 3.05) is 6.61 Å². The normalized spacial score (nSPS) is 13.8. The maximum atomic E-state index is 9.55. The van der Waals surface area contributed by atoms with Crippen LogP contribution in [0.1, 0.15) is 66.2 Å². The van der Waals surface area contributed by atoms with E-state index in [-0.39, 0.29) is 6.10 Å². The Kier molecular flexibility index (Phi) is 11.1. The van der Waals surface area contributed by atoms with Crippen LogP contribution in [0.15, 0.2) is 0 Å². The Morgan fingerprint density at radius 3 is 1.83 bits per heavy atom. The van der Waals surface area contributed by atoms with Crippen molar-refractivity contribution >= 4 is 8.32 Å². The van der Waals surface area contributed by atoms with Gasteiger partial charge in [-0.05, 0) is 37.4 Å². The minimum atomic E-state index is -1.46. The zero-order valence-corrected chi connectivity index (χ0v) is 14.0. The van der Waals surface area contributed by atoms with E-state index < -0.39 is 8.32 Å². The Balaban J connectivity index is 4.12. The third-order valence-electron chi connectivity index (χ3n) is 3.68. The van der Waals surface area contributed by atoms with Gasteiger partial charge in [0.25, 0.3) is 0 Å². The summed E-state index contributed by atoms with van der Waals surface area (Å²) < 4.78 is 6.37. The molecule has 0 aliphatic carbocycles. The van der Waals surface area contributed by atoms with Gasteiger partial charge < -0.3 is 9.53 Å². The lowest BCUT2D eigenvalue weighted by Crippen LogP contribution is -2.38. The minimum Gasteiger partial charge on any atom is -0.417 e. The molecule has 2 nitrogen and oxygen atoms in total. The summed E-state index contributed by atoms with van der Waals surface area (Å²) in [5.41, 5.74) is 0. The SMILES string of the molecule is CCC[Si](CCC)(CCC)OCCCC(O)CC. The fourth-order valence-electron chi connectivity index (χ4n) is 2.77. The molecule has 0 aliphatic rings. The van der Waals surface area contributed by atoms with Crippen LogP contribution in [0.4, 0.5) is 0 Å². The third kappa shape index (κ3) is 7.55. The second-order valence-corrected chi connectivity index (χ2v) is 9.64. The fraction of sp³-hybridized carbons (Fsp3) is 1.00. The van der Waals surface area contributed by atoms with Gasteiger partial charge >= 0.3 is 0 Å². The number of hydrogen-bond acceptors (Lipinski definition) is 2. The van der Waals surface area contributed by atoms with Crippen molar-refractivity contribution in [1.82, 2.24) is 0 Å². The quantitative estimate of drug-likeness (QED) is 0.412. The Bertz CT molecular complexity index is 168. The highest BCUT2D eigenvalue weighted by molar-refractivity contribution is 6.73. The summed E-state index contributed by atoms with van der Waals surface area (Å²) in [6.07, 6.45) is 6.40. The number of hydrogen-bond donors (Lipinski definition) is 1. The summed E-state index contributed by atoms with van der Waals surface area (Å²) in [4.78, 5) is 0. The molecule has 0 spiro atoms. The van der Waals surface area contributed by atoms with Gasteiger partial charge in [-0.1, -0.05) is 47.0 Å². The minimum absolute atomic E-state index is 0.131. The lowest BCUT2D eigenvalue weighted by molar-refractivity contribution is 0.147. The Labute approximate surface area is 115 Å². The molecule has 0 aromatic heterocycles. The average Bonchev–Trinajstić information content (AvgIpc) is 2.35. The molecule has 18 heavy (non-hydrogen) atoms. The van der Waals surface area contributed by atoms with Crippen LogP contribution in [-0.4, -0.2) is 26.1 Å². The molecular formula is C15H34O2Si. The van der Waals surface area contributed by atoms with Gasteiger partial charge in [-0.3, -0.25) is 0 Å². The smallest absolute Gasteiger partial charge is 0.192 e. The third-order valence-corrected chi connectivity index (χ3v) is 8.73. The molecule has 1 atom stereocenters. The molecule has 0 fully saturated rings. The molecule has 0 amide bonds. The predicted octanol–water partition coefficient (Wildman–Crippen LogP) is 4.73. The molecule has 0 aromatic carbocycles. The van der Waals surface area contributed by atoms with Gasteiger partial charge in [0.1, 0.15) is 0 Å². The lowest BCUT2D eigenvalue weighted by atomic mass is 10.2. The molecule has 0 bridgehead atoms. The van der Waals surface area contributed by atoms with Crippen LogP contribution in [0, 0.1) is 0 Å². The van der Waals surface area contributed by atoms with Crippen molar-refractivity contribution < 1.29 is 9.53 Å². The van der Waals surface area contributed by atoms with Crippen molar-refractivity contribution in [3.05, 3.63) is 0 Å². The molecule has 0 saturated heterocycles. The first-order valence-electron chi connectivity index (χ1n) is 7.96. The maximum absolute atomic E-state index is 9.55. The first-order valence-corrected chi connectivity index (χ1v) is 10.5. The van der Waals surface area contributed by atoms with Gasteiger partial charge in [-0.15, -0.1) is 0 Å². The van der Waals surface area contributed by atoms with Crippen LogP contribution < -0.4 is 0 Å². The van der Waals surface area contributed by atoms with Crippen LogP contribution in [0.5, 0.6) is 0 Å². The van der Waals surface area contributed by atoms with Crippen molar-refractivity contribution in [3.8, 4) is 0 Å². The topological polar surface area (TPSA) is 29.5 Å². The van der Waals surface area contributed by atoms with Crippen molar-refractivity contribution in [2.24, 2.45) is 0 Å². The molecule has 0 heterocycles. The first-order chi connectivity index (χ1) is 8.64. The van der Waals surface area contributed by atoms with E-state index in [1.54, 1.807) is 0 Å². The number of aliphatic hydroxyl groups is 1. The second kappa shape index (κ2) is 11.0. The standard InChI is InChI=1S/C15H34O2Si/c1-5-12-18(13-6-2,14-7-3)17-11-9-10-15(16)8-4/h15-16H,5-14H2,1-4H3. The molecule has 110 valence electrons. The largest absolute Gasteiger partial charge is 0.417 e. The summed E-state index contributed by atoms with van der Waals surface area (Å²) in [6, 6.07) is 3.93. The van der Waals surface area contributed by atoms with Crippen LogP contribution in [-0.2, 0) is 4.43 Å². The first kappa shape index (κ1) is 18.1. The summed E-state index contributed by atoms with van der Waals surface area (Å²) in [5, 5.41) is 9.55. The average molecular weight is 275 g/mol. The van der Waals surface area contributed by atoms with Crippen LogP contribution in [0.25, 0.3) is 0 Å². The van der Waals surface area contributed by atoms with E-state index in [1.165, 1.54) is 37.4 Å². The maximum Gasteiger partial charge on any atom is 0.192 e. The van der Waals surface area contributed by atoms with E-state index in [0.29, 0.717) is 0 Å². The van der Waals surface area contributed by atoms with Crippen molar-refractivity contribution in [3.63, 3.8) is 0 Å². The molecular weight excluding hydrogens is 240 g/mol. The van der Waals surface area contributed by atoms with E-state index in [4.69, 9.17) is 4.43 Å². The van der Waals surface area contributed by atoms with E-state index >= 15 is 0 Å². The van der Waals surface area contributed by atoms with Gasteiger partial charge in [-0.2, -0.15) is 0 Å². The zero-order valence-electron chi connectivity index (χ0n) is 13.0. The monoisotopic (exact) mass is 274 g/mol. The van der Waals surface area contributed by atoms with Crippen LogP contribution in [0.2, 0.25) is 18.1 Å². The van der Waals surface area contributed by atoms with Gasteiger partial charge in [0.2, 0.25) is 0 Å². The van der Waals surface area contributed by atoms with Gasteiger partial charge in [-0.25, -0.2) is 0 Å². The number of rotatable bonds is 12. The van der Waals surface area contributed by atoms with Gasteiger partial charge in [0.15, 0.2) is 8.32 Å². The highest BCUT2D eigenvalue weighted by atomic mass is 28.4. The molecule has 1 N–H and O–H groups in total. The Morgan fingerprint density at radius 2 is 1.44 bits per heavy atom. The number of aliphatic hydroxyl groups excluding tert-OH is 1. The van der Waals surface area contributed by atoms with Crippen LogP contribution >= 0.6 is 0 Å². The van der Waals surface area contributed by atoms with Crippen molar-refractivity contribution in [1.29, 1.82) is 0 Å². The van der Waals surface area contributed by atoms with E-state index in [9.17, 15) is 5.11 Å². The molecule has 0 rings (SSSR count). The van der Waals surface area contributed by atoms with E-state index in [1.807, 2.05) is 6.92 Å². The van der Waals surface area contributed by atoms with Gasteiger partial charge in [0.05, 0.1) is 6.10 Å². The predicted molar refractivity (Wildman–Crippen MR) is 82.5 cm³/mol. The molecule has 0 aromatic rings.